The van der Waals surface area contributed by atoms with Gasteiger partial charge in [0.2, 0.25) is 0 Å². The molecule has 0 spiro atoms. The molecule has 1 aromatic carbocycles. The molecule has 0 radical (unpaired) electrons. The number of aryl methyl sites for hydroxylation is 1. The van der Waals surface area contributed by atoms with Gasteiger partial charge in [-0.3, -0.25) is 0 Å². The Morgan fingerprint density at radius 2 is 2.00 bits per heavy atom. The fourth-order valence-corrected chi connectivity index (χ4v) is 1.54. The van der Waals surface area contributed by atoms with Crippen LogP contribution in [0.4, 0.5) is 0 Å². The highest BCUT2D eigenvalue weighted by Crippen LogP contribution is 2.32. The molecule has 1 aromatic rings. The Labute approximate surface area is 108 Å². The normalized spacial score (nSPS) is 13.1. The van der Waals surface area contributed by atoms with Crippen LogP contribution in [0.15, 0.2) is 18.2 Å². The molecule has 3 N–H and O–H groups in total. The average Bonchev–Trinajstić information content (AvgIpc) is 2.21. The Morgan fingerprint density at radius 3 is 2.44 bits per heavy atom. The highest BCUT2D eigenvalue weighted by molar-refractivity contribution is 6.31. The number of aliphatic hydroxyl groups excluding tert-OH is 1. The van der Waals surface area contributed by atoms with E-state index in [2.05, 4.69) is 0 Å². The predicted molar refractivity (Wildman–Crippen MR) is 71.2 cm³/mol. The fraction of sp³-hybridized carbons (Fsp3) is 0.500. The highest BCUT2D eigenvalue weighted by Gasteiger charge is 2.27. The van der Waals surface area contributed by atoms with Gasteiger partial charge in [0.25, 0.3) is 0 Å². The topological polar surface area (TPSA) is 46.2 Å². The van der Waals surface area contributed by atoms with Crippen molar-refractivity contribution in [3.8, 4) is 0 Å². The summed E-state index contributed by atoms with van der Waals surface area (Å²) in [6, 6.07) is 5.58. The van der Waals surface area contributed by atoms with Gasteiger partial charge >= 0.3 is 0 Å². The van der Waals surface area contributed by atoms with Crippen LogP contribution in [0.5, 0.6) is 0 Å². The molecule has 0 bridgehead atoms. The van der Waals surface area contributed by atoms with Gasteiger partial charge in [-0.05, 0) is 24.1 Å². The second kappa shape index (κ2) is 5.87. The number of nitrogens with two attached hydrogens (primary N) is 1. The van der Waals surface area contributed by atoms with Crippen LogP contribution >= 0.6 is 24.0 Å². The first-order chi connectivity index (χ1) is 6.88. The van der Waals surface area contributed by atoms with Crippen molar-refractivity contribution in [3.05, 3.63) is 34.3 Å². The molecule has 1 rings (SSSR count). The van der Waals surface area contributed by atoms with Crippen molar-refractivity contribution in [1.82, 2.24) is 0 Å². The summed E-state index contributed by atoms with van der Waals surface area (Å²) in [5.74, 6) is 0. The molecule has 0 aromatic heterocycles. The first-order valence-electron chi connectivity index (χ1n) is 5.01. The first kappa shape index (κ1) is 15.7. The van der Waals surface area contributed by atoms with Crippen molar-refractivity contribution < 1.29 is 5.11 Å². The molecular formula is C12H19Cl2NO. The summed E-state index contributed by atoms with van der Waals surface area (Å²) in [5.41, 5.74) is 7.75. The molecule has 0 unspecified atom stereocenters. The third-order valence-corrected chi connectivity index (χ3v) is 3.21. The summed E-state index contributed by atoms with van der Waals surface area (Å²) in [6.45, 7) is 5.88. The zero-order valence-corrected chi connectivity index (χ0v) is 11.4. The van der Waals surface area contributed by atoms with Gasteiger partial charge in [-0.25, -0.2) is 0 Å². The number of halogens is 2. The molecule has 92 valence electrons. The highest BCUT2D eigenvalue weighted by atomic mass is 35.5. The number of hydrogen-bond acceptors (Lipinski definition) is 2. The van der Waals surface area contributed by atoms with Gasteiger partial charge in [-0.2, -0.15) is 0 Å². The summed E-state index contributed by atoms with van der Waals surface area (Å²) in [4.78, 5) is 0. The quantitative estimate of drug-likeness (QED) is 0.881. The maximum Gasteiger partial charge on any atom is 0.0500 e. The van der Waals surface area contributed by atoms with Gasteiger partial charge in [-0.15, -0.1) is 12.4 Å². The maximum absolute atomic E-state index is 9.24. The van der Waals surface area contributed by atoms with Crippen molar-refractivity contribution in [2.75, 3.05) is 6.61 Å². The second-order valence-electron chi connectivity index (χ2n) is 4.63. The molecule has 16 heavy (non-hydrogen) atoms. The second-order valence-corrected chi connectivity index (χ2v) is 5.04. The van der Waals surface area contributed by atoms with Crippen LogP contribution in [-0.2, 0) is 0 Å². The first-order valence-corrected chi connectivity index (χ1v) is 5.39. The van der Waals surface area contributed by atoms with Gasteiger partial charge < -0.3 is 10.8 Å². The third kappa shape index (κ3) is 3.36. The number of hydrogen-bond donors (Lipinski definition) is 2. The summed E-state index contributed by atoms with van der Waals surface area (Å²) < 4.78 is 0. The largest absolute Gasteiger partial charge is 0.396 e. The number of benzene rings is 1. The van der Waals surface area contributed by atoms with E-state index in [1.165, 1.54) is 0 Å². The van der Waals surface area contributed by atoms with E-state index in [0.29, 0.717) is 0 Å². The molecule has 0 amide bonds. The van der Waals surface area contributed by atoms with E-state index >= 15 is 0 Å². The lowest BCUT2D eigenvalue weighted by Gasteiger charge is -2.30. The Balaban J connectivity index is 0.00000225. The lowest BCUT2D eigenvalue weighted by atomic mass is 9.82. The minimum Gasteiger partial charge on any atom is -0.396 e. The lowest BCUT2D eigenvalue weighted by Crippen LogP contribution is -2.32. The van der Waals surface area contributed by atoms with E-state index in [1.54, 1.807) is 0 Å². The summed E-state index contributed by atoms with van der Waals surface area (Å²) in [6.07, 6.45) is 0. The van der Waals surface area contributed by atoms with E-state index in [0.717, 1.165) is 16.1 Å². The molecule has 2 nitrogen and oxygen atoms in total. The Morgan fingerprint density at radius 1 is 1.44 bits per heavy atom. The molecular weight excluding hydrogens is 245 g/mol. The Kier molecular flexibility index (Phi) is 5.77. The Hall–Kier alpha value is -0.280. The van der Waals surface area contributed by atoms with E-state index < -0.39 is 0 Å². The van der Waals surface area contributed by atoms with Crippen LogP contribution < -0.4 is 5.73 Å². The van der Waals surface area contributed by atoms with Crippen LogP contribution in [0.2, 0.25) is 5.02 Å². The number of rotatable bonds is 3. The van der Waals surface area contributed by atoms with Crippen molar-refractivity contribution in [3.63, 3.8) is 0 Å². The van der Waals surface area contributed by atoms with Gasteiger partial charge in [0, 0.05) is 23.1 Å². The van der Waals surface area contributed by atoms with Crippen molar-refractivity contribution >= 4 is 24.0 Å². The Bertz CT molecular complexity index is 353. The fourth-order valence-electron chi connectivity index (χ4n) is 1.35. The van der Waals surface area contributed by atoms with Gasteiger partial charge in [0.05, 0.1) is 0 Å². The summed E-state index contributed by atoms with van der Waals surface area (Å²) >= 11 is 6.03. The van der Waals surface area contributed by atoms with E-state index in [4.69, 9.17) is 17.3 Å². The molecule has 0 aliphatic carbocycles. The minimum absolute atomic E-state index is 0. The van der Waals surface area contributed by atoms with Crippen LogP contribution in [0.25, 0.3) is 0 Å². The van der Waals surface area contributed by atoms with Crippen LogP contribution in [-0.4, -0.2) is 11.7 Å². The molecule has 0 aliphatic rings. The van der Waals surface area contributed by atoms with E-state index in [9.17, 15) is 5.11 Å². The molecule has 4 heteroatoms. The van der Waals surface area contributed by atoms with Crippen molar-refractivity contribution in [1.29, 1.82) is 0 Å². The molecule has 0 aliphatic heterocycles. The molecule has 0 heterocycles. The van der Waals surface area contributed by atoms with Gasteiger partial charge in [0.15, 0.2) is 0 Å². The molecule has 1 atom stereocenters. The third-order valence-electron chi connectivity index (χ3n) is 2.80. The van der Waals surface area contributed by atoms with Crippen molar-refractivity contribution in [2.24, 2.45) is 11.1 Å². The number of aliphatic hydroxyl groups is 1. The SMILES string of the molecule is Cc1ccc([C@H](N)C(C)(C)CO)cc1Cl.Cl. The van der Waals surface area contributed by atoms with Gasteiger partial charge in [0.1, 0.15) is 0 Å². The van der Waals surface area contributed by atoms with E-state index in [-0.39, 0.29) is 30.5 Å². The van der Waals surface area contributed by atoms with E-state index in [1.807, 2.05) is 39.0 Å². The molecule has 0 fully saturated rings. The molecule has 0 saturated heterocycles. The smallest absolute Gasteiger partial charge is 0.0500 e. The monoisotopic (exact) mass is 263 g/mol. The standard InChI is InChI=1S/C12H18ClNO.ClH/c1-8-4-5-9(6-10(8)13)11(14)12(2,3)7-15;/h4-6,11,15H,7,14H2,1-3H3;1H/t11-;/m0./s1. The van der Waals surface area contributed by atoms with Crippen LogP contribution in [0.3, 0.4) is 0 Å². The van der Waals surface area contributed by atoms with Crippen LogP contribution in [0, 0.1) is 12.3 Å². The zero-order valence-electron chi connectivity index (χ0n) is 9.83. The maximum atomic E-state index is 9.24. The molecule has 0 saturated carbocycles. The zero-order chi connectivity index (χ0) is 11.6. The average molecular weight is 264 g/mol. The summed E-state index contributed by atoms with van der Waals surface area (Å²) in [7, 11) is 0. The predicted octanol–water partition coefficient (Wildman–Crippen LogP) is 3.09. The minimum atomic E-state index is -0.335. The lowest BCUT2D eigenvalue weighted by molar-refractivity contribution is 0.132. The summed E-state index contributed by atoms with van der Waals surface area (Å²) in [5, 5.41) is 9.96. The van der Waals surface area contributed by atoms with Crippen LogP contribution in [0.1, 0.15) is 31.0 Å². The van der Waals surface area contributed by atoms with Gasteiger partial charge in [-0.1, -0.05) is 37.6 Å². The van der Waals surface area contributed by atoms with Crippen molar-refractivity contribution in [2.45, 2.75) is 26.8 Å².